The number of hydrogen-bond donors (Lipinski definition) is 2. The van der Waals surface area contributed by atoms with E-state index in [2.05, 4.69) is 31.0 Å². The van der Waals surface area contributed by atoms with Gasteiger partial charge in [0.1, 0.15) is 11.4 Å². The zero-order valence-corrected chi connectivity index (χ0v) is 19.3. The Labute approximate surface area is 179 Å². The van der Waals surface area contributed by atoms with Gasteiger partial charge in [-0.3, -0.25) is 0 Å². The summed E-state index contributed by atoms with van der Waals surface area (Å²) in [4.78, 5) is 0. The van der Waals surface area contributed by atoms with E-state index in [1.807, 2.05) is 12.1 Å². The van der Waals surface area contributed by atoms with E-state index < -0.39 is 13.7 Å². The molecule has 0 bridgehead atoms. The maximum atomic E-state index is 11.7. The number of alkyl halides is 2. The topological polar surface area (TPSA) is 40.5 Å². The summed E-state index contributed by atoms with van der Waals surface area (Å²) in [6, 6.07) is 5.90. The smallest absolute Gasteiger partial charge is 0.164 e. The molecule has 5 heteroatoms. The van der Waals surface area contributed by atoms with Crippen LogP contribution in [0.1, 0.15) is 56.1 Å². The summed E-state index contributed by atoms with van der Waals surface area (Å²) >= 11 is 12.3. The van der Waals surface area contributed by atoms with E-state index in [1.54, 1.807) is 0 Å². The number of aromatic hydroxyl groups is 1. The fourth-order valence-electron chi connectivity index (χ4n) is 6.15. The lowest BCUT2D eigenvalue weighted by molar-refractivity contribution is -0.0647. The predicted octanol–water partition coefficient (Wildman–Crippen LogP) is 5.16. The molecule has 2 N–H and O–H groups in total. The number of phenolic OH excluding ortho intramolecular Hbond substituents is 1. The van der Waals surface area contributed by atoms with Gasteiger partial charge in [0.05, 0.1) is 0 Å². The second-order valence-corrected chi connectivity index (χ2v) is 15.2. The zero-order chi connectivity index (χ0) is 20.2. The summed E-state index contributed by atoms with van der Waals surface area (Å²) in [5.41, 5.74) is 6.03. The number of rotatable bonds is 2. The molecule has 0 aromatic heterocycles. The highest BCUT2D eigenvalue weighted by Gasteiger charge is 2.61. The summed E-state index contributed by atoms with van der Waals surface area (Å²) in [6.07, 6.45) is 6.02. The van der Waals surface area contributed by atoms with E-state index in [0.29, 0.717) is 34.5 Å². The van der Waals surface area contributed by atoms with Crippen molar-refractivity contribution in [3.05, 3.63) is 29.3 Å². The molecule has 152 valence electrons. The minimum absolute atomic E-state index is 0.163. The van der Waals surface area contributed by atoms with Crippen LogP contribution >= 0.6 is 23.2 Å². The maximum Gasteiger partial charge on any atom is 0.164 e. The minimum atomic E-state index is -2.00. The molecule has 1 aromatic carbocycles. The van der Waals surface area contributed by atoms with Gasteiger partial charge >= 0.3 is 0 Å². The van der Waals surface area contributed by atoms with Gasteiger partial charge in [0.15, 0.2) is 8.07 Å². The van der Waals surface area contributed by atoms with E-state index in [1.165, 1.54) is 11.1 Å². The van der Waals surface area contributed by atoms with Crippen molar-refractivity contribution in [2.24, 2.45) is 17.3 Å². The van der Waals surface area contributed by atoms with E-state index in [9.17, 15) is 10.2 Å². The molecular formula is C23H30Cl2O2Si. The van der Waals surface area contributed by atoms with Crippen LogP contribution < -0.4 is 0 Å². The van der Waals surface area contributed by atoms with Gasteiger partial charge in [0, 0.05) is 16.4 Å². The number of benzene rings is 1. The van der Waals surface area contributed by atoms with Crippen LogP contribution in [0, 0.1) is 28.7 Å². The highest BCUT2D eigenvalue weighted by Crippen LogP contribution is 2.64. The molecule has 0 amide bonds. The third-order valence-electron chi connectivity index (χ3n) is 8.02. The molecule has 1 aromatic rings. The van der Waals surface area contributed by atoms with E-state index in [0.717, 1.165) is 38.5 Å². The first-order chi connectivity index (χ1) is 13.3. The van der Waals surface area contributed by atoms with Crippen molar-refractivity contribution in [2.45, 2.75) is 63.5 Å². The number of aryl methyl sites for hydroxylation is 1. The Morgan fingerprint density at radius 1 is 1.18 bits per heavy atom. The van der Waals surface area contributed by atoms with Crippen molar-refractivity contribution in [3.63, 3.8) is 0 Å². The van der Waals surface area contributed by atoms with Gasteiger partial charge in [0.2, 0.25) is 0 Å². The summed E-state index contributed by atoms with van der Waals surface area (Å²) in [6.45, 7) is 4.37. The molecule has 3 aliphatic rings. The summed E-state index contributed by atoms with van der Waals surface area (Å²) in [7, 11) is -2.00. The van der Waals surface area contributed by atoms with Crippen LogP contribution in [0.15, 0.2) is 18.2 Å². The summed E-state index contributed by atoms with van der Waals surface area (Å²) in [5.74, 6) is 5.33. The Morgan fingerprint density at radius 2 is 1.93 bits per heavy atom. The largest absolute Gasteiger partial charge is 0.508 e. The fourth-order valence-corrected chi connectivity index (χ4v) is 8.12. The summed E-state index contributed by atoms with van der Waals surface area (Å²) < 4.78 is 0. The molecule has 4 rings (SSSR count). The average molecular weight is 437 g/mol. The monoisotopic (exact) mass is 436 g/mol. The van der Waals surface area contributed by atoms with Gasteiger partial charge < -0.3 is 10.2 Å². The first-order valence-electron chi connectivity index (χ1n) is 10.5. The van der Waals surface area contributed by atoms with E-state index in [-0.39, 0.29) is 5.41 Å². The third-order valence-corrected chi connectivity index (χ3v) is 13.5. The first-order valence-corrected chi connectivity index (χ1v) is 14.4. The quantitative estimate of drug-likeness (QED) is 0.381. The Morgan fingerprint density at radius 3 is 2.64 bits per heavy atom. The predicted molar refractivity (Wildman–Crippen MR) is 119 cm³/mol. The highest BCUT2D eigenvalue weighted by atomic mass is 35.5. The molecule has 0 unspecified atom stereocenters. The number of phenols is 1. The molecule has 0 aliphatic heterocycles. The molecule has 2 nitrogen and oxygen atoms in total. The van der Waals surface area contributed by atoms with Crippen LogP contribution in [0.25, 0.3) is 0 Å². The van der Waals surface area contributed by atoms with Gasteiger partial charge in [0.25, 0.3) is 0 Å². The van der Waals surface area contributed by atoms with Crippen molar-refractivity contribution in [1.29, 1.82) is 0 Å². The molecule has 2 fully saturated rings. The SMILES string of the molecule is C[C@]12CC[C@@H]3c4ccc(O)cc4CC[C@H]3[C@@H]1CC[C@@]2(O)C#C[Si](C)(CCl)CCl. The first kappa shape index (κ1) is 20.6. The Hall–Kier alpha value is -0.663. The van der Waals surface area contributed by atoms with Crippen molar-refractivity contribution >= 4 is 31.3 Å². The van der Waals surface area contributed by atoms with Crippen LogP contribution in [0.4, 0.5) is 0 Å². The van der Waals surface area contributed by atoms with Crippen molar-refractivity contribution in [1.82, 2.24) is 0 Å². The normalized spacial score (nSPS) is 36.7. The molecule has 0 radical (unpaired) electrons. The Kier molecular flexibility index (Phi) is 5.32. The van der Waals surface area contributed by atoms with E-state index >= 15 is 0 Å². The average Bonchev–Trinajstić information content (AvgIpc) is 2.97. The van der Waals surface area contributed by atoms with Gasteiger partial charge in [-0.2, -0.15) is 0 Å². The van der Waals surface area contributed by atoms with Crippen LogP contribution in [0.5, 0.6) is 5.75 Å². The van der Waals surface area contributed by atoms with Crippen LogP contribution in [0.3, 0.4) is 0 Å². The van der Waals surface area contributed by atoms with Crippen LogP contribution in [0.2, 0.25) is 6.55 Å². The number of halogens is 2. The lowest BCUT2D eigenvalue weighted by atomic mass is 9.53. The van der Waals surface area contributed by atoms with Crippen molar-refractivity contribution in [3.8, 4) is 17.2 Å². The second kappa shape index (κ2) is 7.24. The summed E-state index contributed by atoms with van der Waals surface area (Å²) in [5, 5.41) is 21.5. The van der Waals surface area contributed by atoms with E-state index in [4.69, 9.17) is 23.2 Å². The lowest BCUT2D eigenvalue weighted by Crippen LogP contribution is -2.50. The molecule has 5 atom stereocenters. The number of aliphatic hydroxyl groups is 1. The number of fused-ring (bicyclic) bond motifs is 5. The molecule has 0 saturated heterocycles. The standard InChI is InChI=1S/C23H30Cl2O2Si/c1-22-9-7-19-18-6-4-17(26)13-16(18)3-5-20(19)21(22)8-10-23(22,27)11-12-28(2,14-24)15-25/h4,6,13,19-21,26-27H,3,5,7-10,14-15H2,1-2H3/t19-,20-,21+,22+,23-/m1/s1. The molecule has 0 spiro atoms. The van der Waals surface area contributed by atoms with Gasteiger partial charge in [-0.1, -0.05) is 25.5 Å². The molecular weight excluding hydrogens is 407 g/mol. The van der Waals surface area contributed by atoms with Crippen molar-refractivity contribution < 1.29 is 10.2 Å². The highest BCUT2D eigenvalue weighted by molar-refractivity contribution is 6.94. The number of hydrogen-bond acceptors (Lipinski definition) is 2. The minimum Gasteiger partial charge on any atom is -0.508 e. The van der Waals surface area contributed by atoms with Crippen molar-refractivity contribution in [2.75, 3.05) is 11.0 Å². The van der Waals surface area contributed by atoms with Crippen LogP contribution in [-0.4, -0.2) is 34.9 Å². The van der Waals surface area contributed by atoms with Crippen LogP contribution in [-0.2, 0) is 6.42 Å². The molecule has 3 aliphatic carbocycles. The fraction of sp³-hybridized carbons (Fsp3) is 0.652. The Balaban J connectivity index is 1.64. The third kappa shape index (κ3) is 3.12. The van der Waals surface area contributed by atoms with Gasteiger partial charge in [-0.25, -0.2) is 0 Å². The lowest BCUT2D eigenvalue weighted by Gasteiger charge is -2.52. The molecule has 0 heterocycles. The Bertz CT molecular complexity index is 828. The van der Waals surface area contributed by atoms with Gasteiger partial charge in [-0.05, 0) is 79.5 Å². The molecule has 2 saturated carbocycles. The molecule has 28 heavy (non-hydrogen) atoms. The zero-order valence-electron chi connectivity index (χ0n) is 16.8. The van der Waals surface area contributed by atoms with Gasteiger partial charge in [-0.15, -0.1) is 28.7 Å². The maximum absolute atomic E-state index is 11.7. The second-order valence-electron chi connectivity index (χ2n) is 9.73.